The minimum absolute atomic E-state index is 0.282. The fraction of sp³-hybridized carbons (Fsp3) is 0.667. The normalized spacial score (nSPS) is 56.3. The molecule has 2 saturated heterocycles. The van der Waals surface area contributed by atoms with Crippen molar-refractivity contribution < 1.29 is 19.0 Å². The minimum atomic E-state index is -0.584. The van der Waals surface area contributed by atoms with Gasteiger partial charge >= 0.3 is 6.16 Å². The van der Waals surface area contributed by atoms with Gasteiger partial charge in [0.25, 0.3) is 0 Å². The van der Waals surface area contributed by atoms with Crippen LogP contribution in [0.15, 0.2) is 12.2 Å². The Hall–Kier alpha value is -1.03. The van der Waals surface area contributed by atoms with Crippen LogP contribution < -0.4 is 0 Å². The maximum Gasteiger partial charge on any atom is 0.509 e. The lowest BCUT2D eigenvalue weighted by Crippen LogP contribution is -2.41. The third kappa shape index (κ3) is 0.682. The predicted octanol–water partition coefficient (Wildman–Crippen LogP) is 1.01. The van der Waals surface area contributed by atoms with Gasteiger partial charge in [0.15, 0.2) is 12.2 Å². The predicted molar refractivity (Wildman–Crippen MR) is 42.2 cm³/mol. The van der Waals surface area contributed by atoms with Gasteiger partial charge in [-0.25, -0.2) is 4.79 Å². The van der Waals surface area contributed by atoms with E-state index in [0.717, 1.165) is 0 Å². The highest BCUT2D eigenvalue weighted by atomic mass is 16.8. The molecule has 3 rings (SSSR count). The Bertz CT molecular complexity index is 296. The first kappa shape index (κ1) is 7.38. The summed E-state index contributed by atoms with van der Waals surface area (Å²) in [5.41, 5.74) is -0.989. The molecule has 0 radical (unpaired) electrons. The van der Waals surface area contributed by atoms with Crippen molar-refractivity contribution in [2.24, 2.45) is 0 Å². The van der Waals surface area contributed by atoms with Crippen LogP contribution in [-0.2, 0) is 14.2 Å². The summed E-state index contributed by atoms with van der Waals surface area (Å²) in [4.78, 5) is 10.9. The molecule has 13 heavy (non-hydrogen) atoms. The molecular formula is C9H10O4. The second-order valence-corrected chi connectivity index (χ2v) is 4.13. The number of carbonyl (C=O) groups is 1. The van der Waals surface area contributed by atoms with Crippen molar-refractivity contribution in [3.05, 3.63) is 12.2 Å². The van der Waals surface area contributed by atoms with Gasteiger partial charge in [-0.15, -0.1) is 0 Å². The van der Waals surface area contributed by atoms with Crippen molar-refractivity contribution in [1.29, 1.82) is 0 Å². The molecule has 0 unspecified atom stereocenters. The molecule has 2 fully saturated rings. The summed E-state index contributed by atoms with van der Waals surface area (Å²) >= 11 is 0. The van der Waals surface area contributed by atoms with Crippen LogP contribution in [0, 0.1) is 0 Å². The Morgan fingerprint density at radius 2 is 1.62 bits per heavy atom. The molecule has 0 amide bonds. The molecule has 0 aliphatic carbocycles. The molecule has 4 nitrogen and oxygen atoms in total. The maximum atomic E-state index is 10.9. The third-order valence-corrected chi connectivity index (χ3v) is 3.04. The topological polar surface area (TPSA) is 44.8 Å². The van der Waals surface area contributed by atoms with Gasteiger partial charge in [-0.05, 0) is 13.8 Å². The highest BCUT2D eigenvalue weighted by Crippen LogP contribution is 2.50. The molecule has 3 aliphatic rings. The Labute approximate surface area is 75.5 Å². The Morgan fingerprint density at radius 1 is 1.15 bits per heavy atom. The van der Waals surface area contributed by atoms with Crippen LogP contribution >= 0.6 is 0 Å². The number of fused-ring (bicyclic) bond motifs is 5. The summed E-state index contributed by atoms with van der Waals surface area (Å²) in [5.74, 6) is 0. The summed E-state index contributed by atoms with van der Waals surface area (Å²) in [6.07, 6.45) is 2.73. The van der Waals surface area contributed by atoms with Crippen molar-refractivity contribution in [2.75, 3.05) is 0 Å². The van der Waals surface area contributed by atoms with Gasteiger partial charge in [0.2, 0.25) is 0 Å². The van der Waals surface area contributed by atoms with E-state index in [-0.39, 0.29) is 12.2 Å². The molecule has 0 aromatic carbocycles. The molecule has 4 heteroatoms. The second-order valence-electron chi connectivity index (χ2n) is 4.13. The molecule has 0 saturated carbocycles. The van der Waals surface area contributed by atoms with Crippen LogP contribution in [0.2, 0.25) is 0 Å². The third-order valence-electron chi connectivity index (χ3n) is 3.04. The van der Waals surface area contributed by atoms with Gasteiger partial charge < -0.3 is 14.2 Å². The van der Waals surface area contributed by atoms with E-state index in [1.54, 1.807) is 0 Å². The van der Waals surface area contributed by atoms with Gasteiger partial charge in [-0.2, -0.15) is 0 Å². The number of ether oxygens (including phenoxy) is 3. The lowest BCUT2D eigenvalue weighted by molar-refractivity contribution is -0.0671. The van der Waals surface area contributed by atoms with Crippen LogP contribution in [0.1, 0.15) is 13.8 Å². The number of carbonyl (C=O) groups excluding carboxylic acids is 1. The average molecular weight is 182 g/mol. The van der Waals surface area contributed by atoms with E-state index in [4.69, 9.17) is 14.2 Å². The second kappa shape index (κ2) is 1.75. The quantitative estimate of drug-likeness (QED) is 0.414. The van der Waals surface area contributed by atoms with Crippen LogP contribution in [0.4, 0.5) is 4.79 Å². The number of rotatable bonds is 0. The smallest absolute Gasteiger partial charge is 0.423 e. The van der Waals surface area contributed by atoms with Crippen molar-refractivity contribution in [2.45, 2.75) is 37.3 Å². The van der Waals surface area contributed by atoms with E-state index >= 15 is 0 Å². The van der Waals surface area contributed by atoms with Crippen LogP contribution in [0.25, 0.3) is 0 Å². The zero-order valence-corrected chi connectivity index (χ0v) is 7.44. The Balaban J connectivity index is 2.08. The fourth-order valence-electron chi connectivity index (χ4n) is 2.37. The van der Waals surface area contributed by atoms with Gasteiger partial charge in [-0.1, -0.05) is 12.2 Å². The highest BCUT2D eigenvalue weighted by Gasteiger charge is 2.67. The summed E-state index contributed by atoms with van der Waals surface area (Å²) in [5, 5.41) is 0. The highest BCUT2D eigenvalue weighted by molar-refractivity contribution is 5.64. The van der Waals surface area contributed by atoms with Crippen LogP contribution in [-0.4, -0.2) is 29.6 Å². The lowest BCUT2D eigenvalue weighted by Gasteiger charge is -2.21. The van der Waals surface area contributed by atoms with E-state index in [9.17, 15) is 4.79 Å². The van der Waals surface area contributed by atoms with Crippen LogP contribution in [0.5, 0.6) is 0 Å². The molecule has 0 aromatic rings. The molecule has 0 aromatic heterocycles. The van der Waals surface area contributed by atoms with E-state index in [2.05, 4.69) is 0 Å². The summed E-state index contributed by atoms with van der Waals surface area (Å²) < 4.78 is 15.8. The zero-order valence-electron chi connectivity index (χ0n) is 7.44. The summed E-state index contributed by atoms with van der Waals surface area (Å²) in [7, 11) is 0. The molecule has 0 spiro atoms. The standard InChI is InChI=1S/C9H10O4/c1-8-3-4-9(2,13-8)6-5(8)11-7(10)12-6/h3-6H,1-2H3/t5-,6+,8-,9+. The van der Waals surface area contributed by atoms with Gasteiger partial charge in [0.1, 0.15) is 11.2 Å². The monoisotopic (exact) mass is 182 g/mol. The van der Waals surface area contributed by atoms with E-state index in [1.165, 1.54) is 0 Å². The van der Waals surface area contributed by atoms with Crippen molar-refractivity contribution in [3.63, 3.8) is 0 Å². The molecule has 2 bridgehead atoms. The largest absolute Gasteiger partial charge is 0.509 e. The van der Waals surface area contributed by atoms with Crippen molar-refractivity contribution >= 4 is 6.16 Å². The van der Waals surface area contributed by atoms with E-state index in [0.29, 0.717) is 0 Å². The maximum absolute atomic E-state index is 10.9. The van der Waals surface area contributed by atoms with Crippen molar-refractivity contribution in [3.8, 4) is 0 Å². The molecule has 70 valence electrons. The van der Waals surface area contributed by atoms with Crippen molar-refractivity contribution in [1.82, 2.24) is 0 Å². The average Bonchev–Trinajstić information content (AvgIpc) is 2.59. The molecule has 0 N–H and O–H groups in total. The number of hydrogen-bond donors (Lipinski definition) is 0. The zero-order chi connectivity index (χ0) is 9.27. The first-order valence-electron chi connectivity index (χ1n) is 4.31. The van der Waals surface area contributed by atoms with Gasteiger partial charge in [-0.3, -0.25) is 0 Å². The summed E-state index contributed by atoms with van der Waals surface area (Å²) in [6.45, 7) is 3.81. The summed E-state index contributed by atoms with van der Waals surface area (Å²) in [6, 6.07) is 0. The minimum Gasteiger partial charge on any atom is -0.423 e. The molecular weight excluding hydrogens is 172 g/mol. The molecule has 4 atom stereocenters. The van der Waals surface area contributed by atoms with Gasteiger partial charge in [0, 0.05) is 0 Å². The molecule has 3 heterocycles. The van der Waals surface area contributed by atoms with E-state index < -0.39 is 17.4 Å². The van der Waals surface area contributed by atoms with E-state index in [1.807, 2.05) is 26.0 Å². The first-order valence-corrected chi connectivity index (χ1v) is 4.31. The Kier molecular flexibility index (Phi) is 0.993. The lowest BCUT2D eigenvalue weighted by atomic mass is 9.85. The van der Waals surface area contributed by atoms with Crippen LogP contribution in [0.3, 0.4) is 0 Å². The Morgan fingerprint density at radius 3 is 2.08 bits per heavy atom. The number of hydrogen-bond acceptors (Lipinski definition) is 4. The first-order chi connectivity index (χ1) is 6.04. The molecule has 3 aliphatic heterocycles. The SMILES string of the molecule is C[C@]12C=C[C@](C)(O1)[C@H]1OC(=O)O[C@H]12. The van der Waals surface area contributed by atoms with Gasteiger partial charge in [0.05, 0.1) is 0 Å². The fourth-order valence-corrected chi connectivity index (χ4v) is 2.37.